The van der Waals surface area contributed by atoms with Gasteiger partial charge in [0, 0.05) is 34.2 Å². The van der Waals surface area contributed by atoms with Crippen molar-refractivity contribution in [1.82, 2.24) is 19.3 Å². The summed E-state index contributed by atoms with van der Waals surface area (Å²) in [7, 11) is 0. The van der Waals surface area contributed by atoms with Gasteiger partial charge < -0.3 is 9.30 Å². The van der Waals surface area contributed by atoms with E-state index in [1.54, 1.807) is 0 Å². The zero-order valence-corrected chi connectivity index (χ0v) is 32.9. The van der Waals surface area contributed by atoms with Crippen molar-refractivity contribution in [2.45, 2.75) is 65.7 Å². The van der Waals surface area contributed by atoms with Gasteiger partial charge in [-0.05, 0) is 69.3 Å². The van der Waals surface area contributed by atoms with Gasteiger partial charge >= 0.3 is 21.1 Å². The first kappa shape index (κ1) is 35.4. The molecule has 5 nitrogen and oxygen atoms in total. The third-order valence-electron chi connectivity index (χ3n) is 9.80. The van der Waals surface area contributed by atoms with Crippen LogP contribution in [0.3, 0.4) is 0 Å². The minimum absolute atomic E-state index is 0. The van der Waals surface area contributed by atoms with Gasteiger partial charge in [0.25, 0.3) is 0 Å². The molecular weight excluding hydrogens is 820 g/mol. The van der Waals surface area contributed by atoms with Crippen LogP contribution in [0.2, 0.25) is 0 Å². The first-order chi connectivity index (χ1) is 24.6. The molecule has 0 atom stereocenters. The summed E-state index contributed by atoms with van der Waals surface area (Å²) in [4.78, 5) is 4.82. The van der Waals surface area contributed by atoms with Crippen LogP contribution >= 0.6 is 0 Å². The van der Waals surface area contributed by atoms with Crippen LogP contribution in [0.5, 0.6) is 11.5 Å². The van der Waals surface area contributed by atoms with Gasteiger partial charge in [-0.1, -0.05) is 109 Å². The molecule has 0 aliphatic carbocycles. The maximum Gasteiger partial charge on any atom is 2.00 e. The van der Waals surface area contributed by atoms with Gasteiger partial charge in [-0.15, -0.1) is 35.7 Å². The number of fused-ring (bicyclic) bond motifs is 4. The molecule has 0 aliphatic rings. The molecule has 0 bridgehead atoms. The molecule has 0 saturated carbocycles. The van der Waals surface area contributed by atoms with Gasteiger partial charge in [0.1, 0.15) is 11.5 Å². The Balaban J connectivity index is 0.00000420. The summed E-state index contributed by atoms with van der Waals surface area (Å²) in [5.41, 5.74) is 9.87. The minimum Gasteiger partial charge on any atom is -0.509 e. The van der Waals surface area contributed by atoms with Gasteiger partial charge in [-0.3, -0.25) is 4.68 Å². The predicted octanol–water partition coefficient (Wildman–Crippen LogP) is 12.1. The van der Waals surface area contributed by atoms with Crippen molar-refractivity contribution >= 4 is 32.7 Å². The molecule has 3 aromatic heterocycles. The molecule has 3 heterocycles. The molecule has 6 heteroatoms. The second-order valence-electron chi connectivity index (χ2n) is 15.0. The number of aromatic nitrogens is 4. The summed E-state index contributed by atoms with van der Waals surface area (Å²) in [6.45, 7) is 15.7. The van der Waals surface area contributed by atoms with Crippen LogP contribution < -0.4 is 4.74 Å². The van der Waals surface area contributed by atoms with E-state index in [4.69, 9.17) is 14.8 Å². The Bertz CT molecular complexity index is 2540. The standard InChI is InChI=1S/C46H42N4O.Pt/c1-29(2)35-18-13-19-36(30(3)4)44(35)45-39-17-9-11-21-41(39)50(48-45)32-14-12-15-33(27-32)51-34-22-23-38-37-16-8-10-20-40(37)49(42(38)28-34)43-26-31(24-25-47-43)46(5,6)7;/h8-26,29-30H,1-7H3;/q-2;+2. The fourth-order valence-corrected chi connectivity index (χ4v) is 7.18. The van der Waals surface area contributed by atoms with E-state index in [1.165, 1.54) is 22.3 Å². The maximum absolute atomic E-state index is 6.53. The first-order valence-electron chi connectivity index (χ1n) is 17.8. The second kappa shape index (κ2) is 13.9. The third kappa shape index (κ3) is 6.26. The van der Waals surface area contributed by atoms with Crippen LogP contribution in [0.1, 0.15) is 77.0 Å². The van der Waals surface area contributed by atoms with Crippen molar-refractivity contribution in [2.75, 3.05) is 0 Å². The van der Waals surface area contributed by atoms with Crippen molar-refractivity contribution in [2.24, 2.45) is 0 Å². The van der Waals surface area contributed by atoms with E-state index in [0.717, 1.165) is 49.9 Å². The molecule has 5 aromatic carbocycles. The van der Waals surface area contributed by atoms with Crippen molar-refractivity contribution in [3.63, 3.8) is 0 Å². The number of hydrogen-bond donors (Lipinski definition) is 0. The van der Waals surface area contributed by atoms with E-state index >= 15 is 0 Å². The molecule has 0 fully saturated rings. The molecule has 262 valence electrons. The Labute approximate surface area is 320 Å². The van der Waals surface area contributed by atoms with Crippen molar-refractivity contribution < 1.29 is 25.8 Å². The molecule has 0 radical (unpaired) electrons. The first-order valence-corrected chi connectivity index (χ1v) is 17.8. The van der Waals surface area contributed by atoms with Crippen LogP contribution in [0.25, 0.3) is 55.5 Å². The van der Waals surface area contributed by atoms with Crippen molar-refractivity contribution in [1.29, 1.82) is 0 Å². The fourth-order valence-electron chi connectivity index (χ4n) is 7.18. The predicted molar refractivity (Wildman–Crippen MR) is 210 cm³/mol. The Morgan fingerprint density at radius 2 is 1.31 bits per heavy atom. The number of hydrogen-bond acceptors (Lipinski definition) is 3. The Morgan fingerprint density at radius 1 is 0.654 bits per heavy atom. The maximum atomic E-state index is 6.53. The number of nitrogens with zero attached hydrogens (tertiary/aromatic N) is 4. The normalized spacial score (nSPS) is 11.9. The molecule has 52 heavy (non-hydrogen) atoms. The average molecular weight is 862 g/mol. The van der Waals surface area contributed by atoms with Gasteiger partial charge in [-0.25, -0.2) is 4.98 Å². The topological polar surface area (TPSA) is 44.9 Å². The number of pyridine rings is 1. The molecular formula is C46H42N4OPt. The monoisotopic (exact) mass is 861 g/mol. The number of rotatable bonds is 7. The molecule has 0 saturated heterocycles. The van der Waals surface area contributed by atoms with Crippen molar-refractivity contribution in [3.8, 4) is 34.3 Å². The molecule has 0 N–H and O–H groups in total. The summed E-state index contributed by atoms with van der Waals surface area (Å²) in [5.74, 6) is 2.76. The van der Waals surface area contributed by atoms with Crippen LogP contribution in [0.4, 0.5) is 0 Å². The fraction of sp³-hybridized carbons (Fsp3) is 0.217. The molecule has 0 unspecified atom stereocenters. The molecule has 0 aliphatic heterocycles. The minimum atomic E-state index is -0.00945. The Hall–Kier alpha value is -4.99. The van der Waals surface area contributed by atoms with Gasteiger partial charge in [-0.2, -0.15) is 17.2 Å². The summed E-state index contributed by atoms with van der Waals surface area (Å²) in [6.07, 6.45) is 1.90. The summed E-state index contributed by atoms with van der Waals surface area (Å²) >= 11 is 0. The molecule has 0 amide bonds. The molecule has 0 spiro atoms. The molecule has 8 aromatic rings. The van der Waals surface area contributed by atoms with E-state index in [9.17, 15) is 0 Å². The number of benzene rings is 5. The van der Waals surface area contributed by atoms with Gasteiger partial charge in [0.15, 0.2) is 0 Å². The quantitative estimate of drug-likeness (QED) is 0.150. The largest absolute Gasteiger partial charge is 2.00 e. The van der Waals surface area contributed by atoms with E-state index < -0.39 is 0 Å². The smallest absolute Gasteiger partial charge is 0.509 e. The van der Waals surface area contributed by atoms with Crippen molar-refractivity contribution in [3.05, 3.63) is 144 Å². The second-order valence-corrected chi connectivity index (χ2v) is 15.0. The van der Waals surface area contributed by atoms with E-state index in [-0.39, 0.29) is 26.5 Å². The number of ether oxygens (including phenoxy) is 1. The SMILES string of the molecule is CC(C)c1cccc(C(C)C)c1-c1nn(-c2[c-]c(Oc3[c-]c4c(cc3)c3ccccc3n4-c3cc(C(C)(C)C)ccn3)ccc2)c2ccccc12.[Pt+2]. The Morgan fingerprint density at radius 3 is 2.02 bits per heavy atom. The van der Waals surface area contributed by atoms with E-state index in [1.807, 2.05) is 35.1 Å². The number of para-hydroxylation sites is 2. The van der Waals surface area contributed by atoms with Gasteiger partial charge in [0.05, 0.1) is 5.52 Å². The van der Waals surface area contributed by atoms with Crippen LogP contribution in [-0.4, -0.2) is 19.3 Å². The van der Waals surface area contributed by atoms with E-state index in [0.29, 0.717) is 23.3 Å². The zero-order chi connectivity index (χ0) is 35.4. The third-order valence-corrected chi connectivity index (χ3v) is 9.80. The summed E-state index contributed by atoms with van der Waals surface area (Å²) in [6, 6.07) is 45.0. The van der Waals surface area contributed by atoms with E-state index in [2.05, 4.69) is 150 Å². The summed E-state index contributed by atoms with van der Waals surface area (Å²) < 4.78 is 10.7. The Kier molecular flexibility index (Phi) is 9.44. The van der Waals surface area contributed by atoms with Crippen LogP contribution in [0, 0.1) is 12.1 Å². The van der Waals surface area contributed by atoms with Gasteiger partial charge in [0.2, 0.25) is 0 Å². The molecule has 8 rings (SSSR count). The average Bonchev–Trinajstić information content (AvgIpc) is 3.67. The van der Waals surface area contributed by atoms with Crippen LogP contribution in [0.15, 0.2) is 115 Å². The van der Waals surface area contributed by atoms with Crippen LogP contribution in [-0.2, 0) is 26.5 Å². The zero-order valence-electron chi connectivity index (χ0n) is 30.6. The summed E-state index contributed by atoms with van der Waals surface area (Å²) in [5, 5.41) is 8.66.